The van der Waals surface area contributed by atoms with Gasteiger partial charge in [-0.2, -0.15) is 8.78 Å². The number of hydrogen-bond acceptors (Lipinski definition) is 6. The van der Waals surface area contributed by atoms with Crippen LogP contribution in [0.5, 0.6) is 11.5 Å². The van der Waals surface area contributed by atoms with E-state index >= 15 is 0 Å². The van der Waals surface area contributed by atoms with Gasteiger partial charge in [0.05, 0.1) is 12.1 Å². The van der Waals surface area contributed by atoms with Crippen molar-refractivity contribution in [2.45, 2.75) is 17.6 Å². The van der Waals surface area contributed by atoms with E-state index in [-0.39, 0.29) is 28.2 Å². The summed E-state index contributed by atoms with van der Waals surface area (Å²) in [5, 5.41) is 0.750. The molecule has 0 aliphatic carbocycles. The number of thioether (sulfide) groups is 1. The Morgan fingerprint density at radius 3 is 2.83 bits per heavy atom. The maximum Gasteiger partial charge on any atom is 0.387 e. The zero-order chi connectivity index (χ0) is 17.3. The maximum absolute atomic E-state index is 12.4. The second-order valence-corrected chi connectivity index (χ2v) is 7.13. The predicted molar refractivity (Wildman–Crippen MR) is 86.7 cm³/mol. The van der Waals surface area contributed by atoms with Crippen LogP contribution in [0.1, 0.15) is 16.4 Å². The number of benzene rings is 1. The molecule has 2 atom stereocenters. The van der Waals surface area contributed by atoms with Crippen molar-refractivity contribution in [3.8, 4) is 11.5 Å². The highest BCUT2D eigenvalue weighted by atomic mass is 32.2. The van der Waals surface area contributed by atoms with Crippen molar-refractivity contribution in [1.82, 2.24) is 4.98 Å². The Balaban J connectivity index is 2.06. The molecule has 9 heteroatoms. The van der Waals surface area contributed by atoms with Crippen molar-refractivity contribution in [3.05, 3.63) is 38.3 Å². The lowest BCUT2D eigenvalue weighted by Crippen LogP contribution is -2.21. The first-order valence-corrected chi connectivity index (χ1v) is 8.77. The summed E-state index contributed by atoms with van der Waals surface area (Å²) >= 11 is 2.49. The Bertz CT molecular complexity index is 805. The van der Waals surface area contributed by atoms with Gasteiger partial charge in [-0.3, -0.25) is 4.79 Å². The molecule has 24 heavy (non-hydrogen) atoms. The molecule has 1 aliphatic rings. The molecule has 1 N–H and O–H groups in total. The number of fused-ring (bicyclic) bond motifs is 1. The van der Waals surface area contributed by atoms with Gasteiger partial charge in [0, 0.05) is 22.5 Å². The summed E-state index contributed by atoms with van der Waals surface area (Å²) in [7, 11) is 1.35. The van der Waals surface area contributed by atoms with Gasteiger partial charge in [0.15, 0.2) is 11.5 Å². The van der Waals surface area contributed by atoms with E-state index in [9.17, 15) is 18.4 Å². The van der Waals surface area contributed by atoms with Crippen LogP contribution in [0.4, 0.5) is 8.78 Å². The second kappa shape index (κ2) is 6.94. The minimum atomic E-state index is -2.96. The largest absolute Gasteiger partial charge is 0.493 e. The van der Waals surface area contributed by atoms with Gasteiger partial charge in [-0.25, -0.2) is 0 Å². The highest BCUT2D eigenvalue weighted by Gasteiger charge is 2.34. The fourth-order valence-electron chi connectivity index (χ4n) is 2.70. The van der Waals surface area contributed by atoms with Crippen LogP contribution in [0.2, 0.25) is 0 Å². The van der Waals surface area contributed by atoms with Crippen molar-refractivity contribution in [1.29, 1.82) is 0 Å². The lowest BCUT2D eigenvalue weighted by Gasteiger charge is -2.27. The molecule has 0 bridgehead atoms. The van der Waals surface area contributed by atoms with Crippen molar-refractivity contribution in [2.24, 2.45) is 5.92 Å². The van der Waals surface area contributed by atoms with Gasteiger partial charge in [0.1, 0.15) is 6.29 Å². The number of alkyl halides is 2. The summed E-state index contributed by atoms with van der Waals surface area (Å²) in [6.07, 6.45) is 0.862. The summed E-state index contributed by atoms with van der Waals surface area (Å²) < 4.78 is 34.4. The molecule has 0 amide bonds. The van der Waals surface area contributed by atoms with Crippen LogP contribution < -0.4 is 14.3 Å². The topological polar surface area (TPSA) is 68.4 Å². The van der Waals surface area contributed by atoms with Crippen LogP contribution in [0.3, 0.4) is 0 Å². The lowest BCUT2D eigenvalue weighted by molar-refractivity contribution is -0.110. The highest BCUT2D eigenvalue weighted by Crippen LogP contribution is 2.45. The first-order valence-electron chi connectivity index (χ1n) is 6.97. The number of carbonyl (C=O) groups excluding carboxylic acids is 1. The van der Waals surface area contributed by atoms with Crippen LogP contribution in [0.25, 0.3) is 0 Å². The van der Waals surface area contributed by atoms with E-state index < -0.39 is 6.61 Å². The third-order valence-electron chi connectivity index (χ3n) is 3.71. The number of thiazole rings is 1. The summed E-state index contributed by atoms with van der Waals surface area (Å²) in [5.74, 6) is -0.0322. The van der Waals surface area contributed by atoms with Crippen LogP contribution in [0, 0.1) is 5.92 Å². The molecule has 0 fully saturated rings. The van der Waals surface area contributed by atoms with E-state index in [1.165, 1.54) is 24.9 Å². The molecule has 1 aromatic heterocycles. The standard InChI is InChI=1S/C15H13F2NO4S2/c1-21-10-4-7(2-3-9(10)22-14(16)17)11-8(5-19)6-23-13-12(11)24-15(20)18-13/h2-5,8,11,14H,6H2,1H3,(H,18,20)/t8-,11+/m0/s1. The average Bonchev–Trinajstić information content (AvgIpc) is 2.94. The minimum absolute atomic E-state index is 0.0773. The van der Waals surface area contributed by atoms with Crippen molar-refractivity contribution < 1.29 is 23.0 Å². The molecule has 2 aromatic rings. The highest BCUT2D eigenvalue weighted by molar-refractivity contribution is 7.99. The molecular weight excluding hydrogens is 360 g/mol. The van der Waals surface area contributed by atoms with Gasteiger partial charge in [-0.05, 0) is 17.7 Å². The van der Waals surface area contributed by atoms with Gasteiger partial charge in [0.2, 0.25) is 0 Å². The quantitative estimate of drug-likeness (QED) is 0.816. The second-order valence-electron chi connectivity index (χ2n) is 5.09. The molecule has 0 saturated carbocycles. The zero-order valence-corrected chi connectivity index (χ0v) is 14.1. The molecule has 5 nitrogen and oxygen atoms in total. The van der Waals surface area contributed by atoms with Crippen molar-refractivity contribution >= 4 is 29.4 Å². The molecule has 1 aromatic carbocycles. The molecule has 128 valence electrons. The smallest absolute Gasteiger partial charge is 0.387 e. The fraction of sp³-hybridized carbons (Fsp3) is 0.333. The Kier molecular flexibility index (Phi) is 4.91. The van der Waals surface area contributed by atoms with E-state index in [1.54, 1.807) is 12.1 Å². The number of nitrogens with one attached hydrogen (secondary N) is 1. The van der Waals surface area contributed by atoms with Gasteiger partial charge in [-0.15, -0.1) is 11.8 Å². The fourth-order valence-corrected chi connectivity index (χ4v) is 5.06. The molecule has 2 heterocycles. The number of hydrogen-bond donors (Lipinski definition) is 1. The van der Waals surface area contributed by atoms with Crippen molar-refractivity contribution in [3.63, 3.8) is 0 Å². The van der Waals surface area contributed by atoms with Gasteiger partial charge < -0.3 is 19.3 Å². The zero-order valence-electron chi connectivity index (χ0n) is 12.5. The molecule has 3 rings (SSSR count). The third-order valence-corrected chi connectivity index (χ3v) is 5.97. The van der Waals surface area contributed by atoms with Gasteiger partial charge in [-0.1, -0.05) is 17.4 Å². The van der Waals surface area contributed by atoms with Crippen LogP contribution in [-0.4, -0.2) is 30.7 Å². The number of methoxy groups -OCH3 is 1. The summed E-state index contributed by atoms with van der Waals surface area (Å²) in [5.41, 5.74) is 0.711. The molecule has 0 spiro atoms. The summed E-state index contributed by atoms with van der Waals surface area (Å²) in [6.45, 7) is -2.96. The molecular formula is C15H13F2NO4S2. The molecule has 0 unspecified atom stereocenters. The first kappa shape index (κ1) is 17.0. The number of halogens is 2. The van der Waals surface area contributed by atoms with Crippen LogP contribution in [0.15, 0.2) is 28.0 Å². The minimum Gasteiger partial charge on any atom is -0.493 e. The van der Waals surface area contributed by atoms with E-state index in [0.717, 1.165) is 27.5 Å². The number of aromatic nitrogens is 1. The summed E-state index contributed by atoms with van der Waals surface area (Å²) in [4.78, 5) is 26.5. The third kappa shape index (κ3) is 3.18. The number of H-pyrrole nitrogens is 1. The Hall–Kier alpha value is -1.87. The van der Waals surface area contributed by atoms with Crippen LogP contribution in [-0.2, 0) is 4.79 Å². The number of aromatic amines is 1. The number of aldehydes is 1. The number of carbonyl (C=O) groups is 1. The normalized spacial score (nSPS) is 19.8. The first-order chi connectivity index (χ1) is 11.5. The Morgan fingerprint density at radius 2 is 2.17 bits per heavy atom. The van der Waals surface area contributed by atoms with E-state index in [1.807, 2.05) is 0 Å². The van der Waals surface area contributed by atoms with Gasteiger partial charge >= 0.3 is 11.5 Å². The Labute approximate surface area is 144 Å². The number of ether oxygens (including phenoxy) is 2. The maximum atomic E-state index is 12.4. The molecule has 1 aliphatic heterocycles. The Morgan fingerprint density at radius 1 is 1.38 bits per heavy atom. The monoisotopic (exact) mass is 373 g/mol. The lowest BCUT2D eigenvalue weighted by atomic mass is 9.86. The predicted octanol–water partition coefficient (Wildman–Crippen LogP) is 3.10. The average molecular weight is 373 g/mol. The van der Waals surface area contributed by atoms with Crippen LogP contribution >= 0.6 is 23.1 Å². The van der Waals surface area contributed by atoms with Crippen molar-refractivity contribution in [2.75, 3.05) is 12.9 Å². The van der Waals surface area contributed by atoms with E-state index in [0.29, 0.717) is 11.3 Å². The molecule has 0 radical (unpaired) electrons. The number of rotatable bonds is 5. The SMILES string of the molecule is COc1cc([C@H]2c3sc(=O)[nH]c3SC[C@@H]2C=O)ccc1OC(F)F. The molecule has 0 saturated heterocycles. The van der Waals surface area contributed by atoms with E-state index in [2.05, 4.69) is 9.72 Å². The van der Waals surface area contributed by atoms with E-state index in [4.69, 9.17) is 4.74 Å². The summed E-state index contributed by atoms with van der Waals surface area (Å²) in [6, 6.07) is 4.58. The van der Waals surface area contributed by atoms with Gasteiger partial charge in [0.25, 0.3) is 0 Å².